The van der Waals surface area contributed by atoms with Crippen LogP contribution in [0.1, 0.15) is 5.56 Å². The van der Waals surface area contributed by atoms with Crippen LogP contribution in [-0.4, -0.2) is 39.7 Å². The highest BCUT2D eigenvalue weighted by atomic mass is 79.9. The van der Waals surface area contributed by atoms with Crippen molar-refractivity contribution in [3.05, 3.63) is 50.5 Å². The van der Waals surface area contributed by atoms with Crippen LogP contribution in [-0.2, 0) is 17.9 Å². The highest BCUT2D eigenvalue weighted by Gasteiger charge is 2.17. The standard InChI is InChI=1S/C17H17BrN4O2S2/c1-21(9-11-8-12(18)5-6-13(11)24-2)15(23)10-22-16(19-20-17(22)25)14-4-3-7-26-14/h3-8H,9-10H2,1-2H3,(H,20,25). The summed E-state index contributed by atoms with van der Waals surface area (Å²) in [5, 5.41) is 8.99. The molecule has 1 aromatic carbocycles. The fourth-order valence-corrected chi connectivity index (χ4v) is 3.86. The van der Waals surface area contributed by atoms with E-state index < -0.39 is 0 Å². The number of hydrogen-bond acceptors (Lipinski definition) is 5. The molecule has 0 atom stereocenters. The summed E-state index contributed by atoms with van der Waals surface area (Å²) >= 11 is 10.3. The van der Waals surface area contributed by atoms with Gasteiger partial charge in [-0.2, -0.15) is 5.10 Å². The Hall–Kier alpha value is -1.97. The van der Waals surface area contributed by atoms with Crippen molar-refractivity contribution in [2.45, 2.75) is 13.1 Å². The molecule has 2 heterocycles. The molecule has 0 saturated carbocycles. The number of carbonyl (C=O) groups excluding carboxylic acids is 1. The monoisotopic (exact) mass is 452 g/mol. The Morgan fingerprint density at radius 2 is 2.27 bits per heavy atom. The van der Waals surface area contributed by atoms with Gasteiger partial charge in [-0.1, -0.05) is 22.0 Å². The van der Waals surface area contributed by atoms with Crippen molar-refractivity contribution in [3.8, 4) is 16.5 Å². The van der Waals surface area contributed by atoms with E-state index >= 15 is 0 Å². The molecule has 2 aromatic heterocycles. The normalized spacial score (nSPS) is 10.7. The highest BCUT2D eigenvalue weighted by molar-refractivity contribution is 9.10. The molecule has 0 unspecified atom stereocenters. The van der Waals surface area contributed by atoms with Crippen LogP contribution in [0.2, 0.25) is 0 Å². The van der Waals surface area contributed by atoms with Crippen molar-refractivity contribution in [3.63, 3.8) is 0 Å². The van der Waals surface area contributed by atoms with Crippen LogP contribution in [0.25, 0.3) is 10.7 Å². The Kier molecular flexibility index (Phi) is 5.90. The summed E-state index contributed by atoms with van der Waals surface area (Å²) in [6.45, 7) is 0.552. The number of H-pyrrole nitrogens is 1. The second-order valence-electron chi connectivity index (χ2n) is 5.62. The molecule has 6 nitrogen and oxygen atoms in total. The van der Waals surface area contributed by atoms with E-state index in [1.165, 1.54) is 0 Å². The zero-order valence-corrected chi connectivity index (χ0v) is 17.4. The van der Waals surface area contributed by atoms with Gasteiger partial charge in [0.15, 0.2) is 10.6 Å². The maximum Gasteiger partial charge on any atom is 0.242 e. The zero-order valence-electron chi connectivity index (χ0n) is 14.2. The van der Waals surface area contributed by atoms with Crippen LogP contribution < -0.4 is 4.74 Å². The molecule has 0 spiro atoms. The second-order valence-corrected chi connectivity index (χ2v) is 7.87. The smallest absolute Gasteiger partial charge is 0.242 e. The number of ether oxygens (including phenoxy) is 1. The number of benzene rings is 1. The van der Waals surface area contributed by atoms with Gasteiger partial charge in [-0.25, -0.2) is 0 Å². The van der Waals surface area contributed by atoms with Crippen molar-refractivity contribution >= 4 is 45.4 Å². The number of methoxy groups -OCH3 is 1. The van der Waals surface area contributed by atoms with Crippen molar-refractivity contribution < 1.29 is 9.53 Å². The second kappa shape index (κ2) is 8.15. The number of halogens is 1. The van der Waals surface area contributed by atoms with E-state index in [9.17, 15) is 4.79 Å². The molecule has 136 valence electrons. The Balaban J connectivity index is 1.78. The molecule has 26 heavy (non-hydrogen) atoms. The number of hydrogen-bond donors (Lipinski definition) is 1. The molecular weight excluding hydrogens is 436 g/mol. The van der Waals surface area contributed by atoms with Gasteiger partial charge in [0.2, 0.25) is 5.91 Å². The highest BCUT2D eigenvalue weighted by Crippen LogP contribution is 2.25. The third-order valence-electron chi connectivity index (χ3n) is 3.87. The van der Waals surface area contributed by atoms with Gasteiger partial charge >= 0.3 is 0 Å². The molecule has 1 N–H and O–H groups in total. The van der Waals surface area contributed by atoms with Crippen LogP contribution in [0.15, 0.2) is 40.2 Å². The molecular formula is C17H17BrN4O2S2. The predicted molar refractivity (Wildman–Crippen MR) is 108 cm³/mol. The van der Waals surface area contributed by atoms with Crippen LogP contribution in [0, 0.1) is 4.77 Å². The van der Waals surface area contributed by atoms with E-state index in [1.54, 1.807) is 35.0 Å². The van der Waals surface area contributed by atoms with E-state index in [0.29, 0.717) is 17.1 Å². The summed E-state index contributed by atoms with van der Waals surface area (Å²) < 4.78 is 8.46. The molecule has 0 aliphatic rings. The summed E-state index contributed by atoms with van der Waals surface area (Å²) in [5.41, 5.74) is 0.923. The first-order valence-corrected chi connectivity index (χ1v) is 9.83. The quantitative estimate of drug-likeness (QED) is 0.571. The summed E-state index contributed by atoms with van der Waals surface area (Å²) in [6.07, 6.45) is 0. The summed E-state index contributed by atoms with van der Waals surface area (Å²) in [6, 6.07) is 9.62. The molecule has 3 rings (SSSR count). The average Bonchev–Trinajstić information content (AvgIpc) is 3.25. The lowest BCUT2D eigenvalue weighted by Gasteiger charge is -2.19. The number of carbonyl (C=O) groups is 1. The average molecular weight is 453 g/mol. The first kappa shape index (κ1) is 18.8. The van der Waals surface area contributed by atoms with Crippen LogP contribution >= 0.6 is 39.5 Å². The van der Waals surface area contributed by atoms with E-state index in [2.05, 4.69) is 26.1 Å². The van der Waals surface area contributed by atoms with Gasteiger partial charge in [0.05, 0.1) is 12.0 Å². The third kappa shape index (κ3) is 4.05. The third-order valence-corrected chi connectivity index (χ3v) is 5.54. The first-order chi connectivity index (χ1) is 12.5. The van der Waals surface area contributed by atoms with E-state index in [-0.39, 0.29) is 12.5 Å². The molecule has 1 amide bonds. The van der Waals surface area contributed by atoms with E-state index in [1.807, 2.05) is 35.7 Å². The molecule has 3 aromatic rings. The van der Waals surface area contributed by atoms with Gasteiger partial charge in [-0.05, 0) is 41.9 Å². The van der Waals surface area contributed by atoms with Crippen LogP contribution in [0.5, 0.6) is 5.75 Å². The van der Waals surface area contributed by atoms with Crippen LogP contribution in [0.4, 0.5) is 0 Å². The maximum atomic E-state index is 12.7. The number of amides is 1. The topological polar surface area (TPSA) is 63.1 Å². The van der Waals surface area contributed by atoms with Gasteiger partial charge in [-0.15, -0.1) is 11.3 Å². The molecule has 0 radical (unpaired) electrons. The first-order valence-electron chi connectivity index (χ1n) is 7.75. The van der Waals surface area contributed by atoms with Crippen molar-refractivity contribution in [1.82, 2.24) is 19.7 Å². The molecule has 0 bridgehead atoms. The van der Waals surface area contributed by atoms with Gasteiger partial charge in [-0.3, -0.25) is 14.5 Å². The van der Waals surface area contributed by atoms with E-state index in [0.717, 1.165) is 20.7 Å². The Morgan fingerprint density at radius 1 is 1.46 bits per heavy atom. The van der Waals surface area contributed by atoms with Gasteiger partial charge in [0.1, 0.15) is 12.3 Å². The summed E-state index contributed by atoms with van der Waals surface area (Å²) in [5.74, 6) is 1.35. The molecule has 0 fully saturated rings. The van der Waals surface area contributed by atoms with Crippen molar-refractivity contribution in [2.75, 3.05) is 14.2 Å². The molecule has 9 heteroatoms. The number of aromatic amines is 1. The van der Waals surface area contributed by atoms with Crippen molar-refractivity contribution in [2.24, 2.45) is 0 Å². The largest absolute Gasteiger partial charge is 0.496 e. The number of rotatable bonds is 6. The lowest BCUT2D eigenvalue weighted by atomic mass is 10.2. The van der Waals surface area contributed by atoms with Crippen molar-refractivity contribution in [1.29, 1.82) is 0 Å². The summed E-state index contributed by atoms with van der Waals surface area (Å²) in [7, 11) is 3.38. The number of thiophene rings is 1. The Morgan fingerprint density at radius 3 is 2.96 bits per heavy atom. The minimum Gasteiger partial charge on any atom is -0.496 e. The fourth-order valence-electron chi connectivity index (χ4n) is 2.53. The number of nitrogens with one attached hydrogen (secondary N) is 1. The van der Waals surface area contributed by atoms with Crippen LogP contribution in [0.3, 0.4) is 0 Å². The minimum absolute atomic E-state index is 0.0673. The fraction of sp³-hybridized carbons (Fsp3) is 0.235. The number of nitrogens with zero attached hydrogens (tertiary/aromatic N) is 3. The number of aromatic nitrogens is 3. The van der Waals surface area contributed by atoms with Gasteiger partial charge < -0.3 is 9.64 Å². The molecule has 0 aliphatic carbocycles. The maximum absolute atomic E-state index is 12.7. The lowest BCUT2D eigenvalue weighted by Crippen LogP contribution is -2.30. The SMILES string of the molecule is COc1ccc(Br)cc1CN(C)C(=O)Cn1c(-c2cccs2)n[nH]c1=S. The van der Waals surface area contributed by atoms with Gasteiger partial charge in [0, 0.05) is 23.6 Å². The Bertz CT molecular complexity index is 966. The zero-order chi connectivity index (χ0) is 18.7. The minimum atomic E-state index is -0.0673. The Labute approximate surface area is 168 Å². The molecule has 0 saturated heterocycles. The number of likely N-dealkylation sites (N-methyl/N-ethyl adjacent to an activating group) is 1. The molecule has 0 aliphatic heterocycles. The van der Waals surface area contributed by atoms with Gasteiger partial charge in [0.25, 0.3) is 0 Å². The summed E-state index contributed by atoms with van der Waals surface area (Å²) in [4.78, 5) is 15.4. The lowest BCUT2D eigenvalue weighted by molar-refractivity contribution is -0.131. The predicted octanol–water partition coefficient (Wildman–Crippen LogP) is 4.10. The van der Waals surface area contributed by atoms with E-state index in [4.69, 9.17) is 17.0 Å².